The highest BCUT2D eigenvalue weighted by atomic mass is 35.5. The van der Waals surface area contributed by atoms with Gasteiger partial charge >= 0.3 is 6.18 Å². The van der Waals surface area contributed by atoms with Crippen molar-refractivity contribution in [1.82, 2.24) is 4.72 Å². The summed E-state index contributed by atoms with van der Waals surface area (Å²) in [6.07, 6.45) is -4.52. The van der Waals surface area contributed by atoms with E-state index in [1.54, 1.807) is 24.3 Å². The van der Waals surface area contributed by atoms with Crippen LogP contribution in [0, 0.1) is 6.92 Å². The highest BCUT2D eigenvalue weighted by Gasteiger charge is 2.31. The van der Waals surface area contributed by atoms with E-state index in [0.717, 1.165) is 23.8 Å². The molecule has 0 bridgehead atoms. The van der Waals surface area contributed by atoms with Crippen molar-refractivity contribution in [3.63, 3.8) is 0 Å². The number of benzene rings is 2. The fourth-order valence-electron chi connectivity index (χ4n) is 2.22. The Balaban J connectivity index is 0.00000312. The van der Waals surface area contributed by atoms with Gasteiger partial charge in [0.05, 0.1) is 10.5 Å². The molecule has 0 saturated carbocycles. The number of sulfonamides is 1. The largest absolute Gasteiger partial charge is 0.416 e. The van der Waals surface area contributed by atoms with Gasteiger partial charge in [0.15, 0.2) is 0 Å². The normalized spacial score (nSPS) is 13.2. The van der Waals surface area contributed by atoms with E-state index in [4.69, 9.17) is 5.73 Å². The molecule has 0 amide bonds. The van der Waals surface area contributed by atoms with Gasteiger partial charge in [0, 0.05) is 12.6 Å². The summed E-state index contributed by atoms with van der Waals surface area (Å²) in [5.41, 5.74) is 5.81. The Kier molecular flexibility index (Phi) is 7.01. The SMILES string of the molecule is Cc1cc(C(F)(F)F)ccc1S(=O)(=O)NCC(N)c1ccccc1.Cl. The maximum atomic E-state index is 12.7. The van der Waals surface area contributed by atoms with E-state index in [1.807, 2.05) is 6.07 Å². The van der Waals surface area contributed by atoms with Gasteiger partial charge in [0.25, 0.3) is 0 Å². The summed E-state index contributed by atoms with van der Waals surface area (Å²) >= 11 is 0. The van der Waals surface area contributed by atoms with Crippen LogP contribution in [0.5, 0.6) is 0 Å². The summed E-state index contributed by atoms with van der Waals surface area (Å²) in [5, 5.41) is 0. The molecule has 25 heavy (non-hydrogen) atoms. The molecule has 0 saturated heterocycles. The fraction of sp³-hybridized carbons (Fsp3) is 0.250. The van der Waals surface area contributed by atoms with Crippen LogP contribution in [0.3, 0.4) is 0 Å². The fourth-order valence-corrected chi connectivity index (χ4v) is 3.51. The van der Waals surface area contributed by atoms with Gasteiger partial charge in [-0.05, 0) is 36.2 Å². The number of halogens is 4. The predicted octanol–water partition coefficient (Wildman–Crippen LogP) is 3.41. The monoisotopic (exact) mass is 394 g/mol. The van der Waals surface area contributed by atoms with E-state index >= 15 is 0 Å². The second-order valence-corrected chi connectivity index (χ2v) is 7.08. The maximum Gasteiger partial charge on any atom is 0.416 e. The number of nitrogens with one attached hydrogen (secondary N) is 1. The standard InChI is InChI=1S/C16H17F3N2O2S.ClH/c1-11-9-13(16(17,18)19)7-8-15(11)24(22,23)21-10-14(20)12-5-3-2-4-6-12;/h2-9,14,21H,10,20H2,1H3;1H. The Morgan fingerprint density at radius 3 is 2.24 bits per heavy atom. The van der Waals surface area contributed by atoms with Crippen molar-refractivity contribution >= 4 is 22.4 Å². The van der Waals surface area contributed by atoms with Crippen molar-refractivity contribution in [2.75, 3.05) is 6.54 Å². The van der Waals surface area contributed by atoms with Gasteiger partial charge in [-0.2, -0.15) is 13.2 Å². The van der Waals surface area contributed by atoms with Gasteiger partial charge in [0.1, 0.15) is 0 Å². The molecule has 0 radical (unpaired) electrons. The third-order valence-electron chi connectivity index (χ3n) is 3.51. The van der Waals surface area contributed by atoms with Crippen molar-refractivity contribution in [1.29, 1.82) is 0 Å². The number of rotatable bonds is 5. The Morgan fingerprint density at radius 1 is 1.12 bits per heavy atom. The van der Waals surface area contributed by atoms with Crippen molar-refractivity contribution in [3.8, 4) is 0 Å². The zero-order valence-electron chi connectivity index (χ0n) is 13.2. The lowest BCUT2D eigenvalue weighted by Crippen LogP contribution is -2.32. The zero-order valence-corrected chi connectivity index (χ0v) is 14.9. The van der Waals surface area contributed by atoms with Gasteiger partial charge in [-0.1, -0.05) is 30.3 Å². The van der Waals surface area contributed by atoms with Crippen LogP contribution < -0.4 is 10.5 Å². The number of aryl methyl sites for hydroxylation is 1. The average molecular weight is 395 g/mol. The summed E-state index contributed by atoms with van der Waals surface area (Å²) < 4.78 is 64.9. The molecule has 0 aliphatic carbocycles. The predicted molar refractivity (Wildman–Crippen MR) is 92.0 cm³/mol. The summed E-state index contributed by atoms with van der Waals surface area (Å²) in [4.78, 5) is -0.198. The van der Waals surface area contributed by atoms with Crippen LogP contribution in [-0.2, 0) is 16.2 Å². The minimum atomic E-state index is -4.52. The molecule has 2 aromatic carbocycles. The molecule has 2 aromatic rings. The molecule has 0 aliphatic rings. The molecule has 0 aromatic heterocycles. The van der Waals surface area contributed by atoms with E-state index in [0.29, 0.717) is 0 Å². The van der Waals surface area contributed by atoms with E-state index in [9.17, 15) is 21.6 Å². The molecule has 9 heteroatoms. The van der Waals surface area contributed by atoms with Gasteiger partial charge in [-0.25, -0.2) is 13.1 Å². The maximum absolute atomic E-state index is 12.7. The molecular weight excluding hydrogens is 377 g/mol. The average Bonchev–Trinajstić information content (AvgIpc) is 2.52. The lowest BCUT2D eigenvalue weighted by Gasteiger charge is -2.15. The Morgan fingerprint density at radius 2 is 1.72 bits per heavy atom. The quantitative estimate of drug-likeness (QED) is 0.816. The summed E-state index contributed by atoms with van der Waals surface area (Å²) in [5.74, 6) is 0. The molecule has 2 rings (SSSR count). The van der Waals surface area contributed by atoms with Gasteiger partial charge < -0.3 is 5.73 Å². The molecule has 4 nitrogen and oxygen atoms in total. The van der Waals surface area contributed by atoms with Crippen LogP contribution in [0.4, 0.5) is 13.2 Å². The van der Waals surface area contributed by atoms with Crippen LogP contribution >= 0.6 is 12.4 Å². The summed E-state index contributed by atoms with van der Waals surface area (Å²) in [6, 6.07) is 10.9. The van der Waals surface area contributed by atoms with Crippen LogP contribution in [0.15, 0.2) is 53.4 Å². The van der Waals surface area contributed by atoms with E-state index in [1.165, 1.54) is 6.92 Å². The molecule has 1 unspecified atom stereocenters. The number of alkyl halides is 3. The van der Waals surface area contributed by atoms with Crippen molar-refractivity contribution in [2.45, 2.75) is 24.0 Å². The molecule has 1 atom stereocenters. The van der Waals surface area contributed by atoms with Crippen LogP contribution in [-0.4, -0.2) is 15.0 Å². The second kappa shape index (κ2) is 8.18. The Labute approximate surface area is 150 Å². The molecule has 0 spiro atoms. The minimum absolute atomic E-state index is 0. The highest BCUT2D eigenvalue weighted by Crippen LogP contribution is 2.31. The Bertz CT molecular complexity index is 812. The van der Waals surface area contributed by atoms with Gasteiger partial charge in [0.2, 0.25) is 10.0 Å². The molecule has 0 heterocycles. The van der Waals surface area contributed by atoms with Crippen LogP contribution in [0.1, 0.15) is 22.7 Å². The smallest absolute Gasteiger partial charge is 0.323 e. The second-order valence-electron chi connectivity index (χ2n) is 5.35. The van der Waals surface area contributed by atoms with E-state index < -0.39 is 27.8 Å². The lowest BCUT2D eigenvalue weighted by molar-refractivity contribution is -0.137. The summed E-state index contributed by atoms with van der Waals surface area (Å²) in [6.45, 7) is 1.26. The summed E-state index contributed by atoms with van der Waals surface area (Å²) in [7, 11) is -3.95. The third kappa shape index (κ3) is 5.43. The van der Waals surface area contributed by atoms with Crippen molar-refractivity contribution < 1.29 is 21.6 Å². The van der Waals surface area contributed by atoms with Gasteiger partial charge in [-0.3, -0.25) is 0 Å². The first-order valence-corrected chi connectivity index (χ1v) is 8.57. The molecular formula is C16H18ClF3N2O2S. The first-order chi connectivity index (χ1) is 11.1. The first kappa shape index (κ1) is 21.4. The highest BCUT2D eigenvalue weighted by molar-refractivity contribution is 7.89. The molecule has 3 N–H and O–H groups in total. The first-order valence-electron chi connectivity index (χ1n) is 7.09. The van der Waals surface area contributed by atoms with Crippen LogP contribution in [0.25, 0.3) is 0 Å². The van der Waals surface area contributed by atoms with Crippen molar-refractivity contribution in [2.24, 2.45) is 5.73 Å². The number of nitrogens with two attached hydrogens (primary N) is 1. The third-order valence-corrected chi connectivity index (χ3v) is 5.10. The molecule has 0 aliphatic heterocycles. The van der Waals surface area contributed by atoms with Gasteiger partial charge in [-0.15, -0.1) is 12.4 Å². The Hall–Kier alpha value is -1.61. The zero-order chi connectivity index (χ0) is 18.0. The van der Waals surface area contributed by atoms with E-state index in [-0.39, 0.29) is 29.4 Å². The number of hydrogen-bond donors (Lipinski definition) is 2. The van der Waals surface area contributed by atoms with Crippen LogP contribution in [0.2, 0.25) is 0 Å². The van der Waals surface area contributed by atoms with E-state index in [2.05, 4.69) is 4.72 Å². The minimum Gasteiger partial charge on any atom is -0.323 e. The number of hydrogen-bond acceptors (Lipinski definition) is 3. The molecule has 0 fully saturated rings. The lowest BCUT2D eigenvalue weighted by atomic mass is 10.1. The topological polar surface area (TPSA) is 72.2 Å². The molecule has 138 valence electrons. The van der Waals surface area contributed by atoms with Crippen molar-refractivity contribution in [3.05, 3.63) is 65.2 Å².